The van der Waals surface area contributed by atoms with Gasteiger partial charge >= 0.3 is 0 Å². The van der Waals surface area contributed by atoms with Crippen molar-refractivity contribution in [1.82, 2.24) is 5.43 Å². The number of thiocarbonyl (C=S) groups is 1. The first-order valence-corrected chi connectivity index (χ1v) is 6.44. The van der Waals surface area contributed by atoms with Gasteiger partial charge in [0, 0.05) is 16.4 Å². The molecule has 0 aliphatic carbocycles. The lowest BCUT2D eigenvalue weighted by Gasteiger charge is -2.11. The average Bonchev–Trinajstić information content (AvgIpc) is 2.15. The number of hydrazone groups is 1. The molecule has 0 aliphatic rings. The van der Waals surface area contributed by atoms with Crippen LogP contribution < -0.4 is 10.7 Å². The zero-order valence-corrected chi connectivity index (χ0v) is 12.5. The van der Waals surface area contributed by atoms with Crippen molar-refractivity contribution in [3.05, 3.63) is 28.7 Å². The summed E-state index contributed by atoms with van der Waals surface area (Å²) in [5.74, 6) is 0. The fraction of sp³-hybridized carbons (Fsp3) is 0.333. The van der Waals surface area contributed by atoms with Gasteiger partial charge in [-0.3, -0.25) is 5.43 Å². The minimum absolute atomic E-state index is 0.0401. The Morgan fingerprint density at radius 1 is 1.41 bits per heavy atom. The standard InChI is InChI=1S/C12H16BrN3S/c1-12(2,3)8-14-16-11(17)15-10-6-4-5-9(13)7-10/h4-8H,1-3H3,(H2,15,16,17)/b14-8+. The Hall–Kier alpha value is -0.940. The lowest BCUT2D eigenvalue weighted by Crippen LogP contribution is -2.24. The van der Waals surface area contributed by atoms with Gasteiger partial charge in [-0.25, -0.2) is 0 Å². The SMILES string of the molecule is CC(C)(C)/C=N/NC(=S)Nc1cccc(Br)c1. The predicted octanol–water partition coefficient (Wildman–Crippen LogP) is 3.77. The Balaban J connectivity index is 2.48. The molecule has 0 aliphatic heterocycles. The van der Waals surface area contributed by atoms with Crippen LogP contribution in [0.25, 0.3) is 0 Å². The Morgan fingerprint density at radius 2 is 2.12 bits per heavy atom. The molecule has 92 valence electrons. The molecular weight excluding hydrogens is 298 g/mol. The van der Waals surface area contributed by atoms with Gasteiger partial charge in [0.1, 0.15) is 0 Å². The van der Waals surface area contributed by atoms with Crippen molar-refractivity contribution in [3.63, 3.8) is 0 Å². The summed E-state index contributed by atoms with van der Waals surface area (Å²) in [6.07, 6.45) is 1.82. The Kier molecular flexibility index (Phi) is 5.08. The molecule has 2 N–H and O–H groups in total. The van der Waals surface area contributed by atoms with Crippen molar-refractivity contribution in [2.45, 2.75) is 20.8 Å². The van der Waals surface area contributed by atoms with Crippen molar-refractivity contribution >= 4 is 45.2 Å². The molecule has 0 aromatic heterocycles. The van der Waals surface area contributed by atoms with Gasteiger partial charge < -0.3 is 5.32 Å². The summed E-state index contributed by atoms with van der Waals surface area (Å²) in [6.45, 7) is 6.22. The Morgan fingerprint density at radius 3 is 2.71 bits per heavy atom. The summed E-state index contributed by atoms with van der Waals surface area (Å²) >= 11 is 8.51. The van der Waals surface area contributed by atoms with Crippen LogP contribution in [0.4, 0.5) is 5.69 Å². The summed E-state index contributed by atoms with van der Waals surface area (Å²) in [5.41, 5.74) is 3.74. The van der Waals surface area contributed by atoms with E-state index in [1.807, 2.05) is 30.5 Å². The van der Waals surface area contributed by atoms with Crippen LogP contribution in [0.2, 0.25) is 0 Å². The third-order valence-electron chi connectivity index (χ3n) is 1.70. The number of nitrogens with zero attached hydrogens (tertiary/aromatic N) is 1. The first kappa shape index (κ1) is 14.1. The summed E-state index contributed by atoms with van der Waals surface area (Å²) in [4.78, 5) is 0. The summed E-state index contributed by atoms with van der Waals surface area (Å²) in [7, 11) is 0. The molecule has 0 saturated heterocycles. The van der Waals surface area contributed by atoms with Gasteiger partial charge in [0.2, 0.25) is 0 Å². The largest absolute Gasteiger partial charge is 0.331 e. The molecular formula is C12H16BrN3S. The summed E-state index contributed by atoms with van der Waals surface area (Å²) in [5, 5.41) is 7.59. The smallest absolute Gasteiger partial charge is 0.191 e. The van der Waals surface area contributed by atoms with Gasteiger partial charge in [-0.2, -0.15) is 5.10 Å². The molecule has 0 radical (unpaired) electrons. The molecule has 3 nitrogen and oxygen atoms in total. The van der Waals surface area contributed by atoms with Crippen molar-refractivity contribution in [1.29, 1.82) is 0 Å². The second-order valence-electron chi connectivity index (χ2n) is 4.70. The number of halogens is 1. The van der Waals surface area contributed by atoms with Crippen LogP contribution >= 0.6 is 28.1 Å². The molecule has 0 bridgehead atoms. The molecule has 0 saturated carbocycles. The maximum Gasteiger partial charge on any atom is 0.191 e. The summed E-state index contributed by atoms with van der Waals surface area (Å²) in [6, 6.07) is 7.78. The maximum absolute atomic E-state index is 5.12. The molecule has 1 rings (SSSR count). The normalized spacial score (nSPS) is 11.5. The van der Waals surface area contributed by atoms with E-state index >= 15 is 0 Å². The average molecular weight is 314 g/mol. The van der Waals surface area contributed by atoms with E-state index in [0.29, 0.717) is 5.11 Å². The Labute approximate surface area is 116 Å². The van der Waals surface area contributed by atoms with Crippen LogP contribution in [0.3, 0.4) is 0 Å². The van der Waals surface area contributed by atoms with Crippen molar-refractivity contribution < 1.29 is 0 Å². The van der Waals surface area contributed by atoms with Crippen LogP contribution in [0.15, 0.2) is 33.8 Å². The molecule has 1 aromatic carbocycles. The topological polar surface area (TPSA) is 36.4 Å². The third-order valence-corrected chi connectivity index (χ3v) is 2.39. The minimum atomic E-state index is 0.0401. The van der Waals surface area contributed by atoms with Crippen LogP contribution in [0.5, 0.6) is 0 Å². The predicted molar refractivity (Wildman–Crippen MR) is 81.4 cm³/mol. The minimum Gasteiger partial charge on any atom is -0.331 e. The summed E-state index contributed by atoms with van der Waals surface area (Å²) < 4.78 is 1.00. The van der Waals surface area contributed by atoms with Gasteiger partial charge in [0.15, 0.2) is 5.11 Å². The second kappa shape index (κ2) is 6.12. The molecule has 5 heteroatoms. The quantitative estimate of drug-likeness (QED) is 0.496. The van der Waals surface area contributed by atoms with E-state index < -0.39 is 0 Å². The van der Waals surface area contributed by atoms with Crippen molar-refractivity contribution in [2.75, 3.05) is 5.32 Å². The number of anilines is 1. The van der Waals surface area contributed by atoms with Crippen LogP contribution in [0.1, 0.15) is 20.8 Å². The monoisotopic (exact) mass is 313 g/mol. The fourth-order valence-corrected chi connectivity index (χ4v) is 1.58. The number of hydrogen-bond acceptors (Lipinski definition) is 2. The first-order valence-electron chi connectivity index (χ1n) is 5.23. The lowest BCUT2D eigenvalue weighted by atomic mass is 9.99. The highest BCUT2D eigenvalue weighted by Gasteiger charge is 2.05. The number of nitrogens with one attached hydrogen (secondary N) is 2. The van der Waals surface area contributed by atoms with E-state index in [4.69, 9.17) is 12.2 Å². The molecule has 0 amide bonds. The van der Waals surface area contributed by atoms with E-state index in [0.717, 1.165) is 10.2 Å². The number of rotatable bonds is 2. The molecule has 0 atom stereocenters. The highest BCUT2D eigenvalue weighted by Crippen LogP contribution is 2.15. The molecule has 17 heavy (non-hydrogen) atoms. The van der Waals surface area contributed by atoms with E-state index in [-0.39, 0.29) is 5.41 Å². The van der Waals surface area contributed by atoms with E-state index in [1.165, 1.54) is 0 Å². The fourth-order valence-electron chi connectivity index (χ4n) is 1.01. The van der Waals surface area contributed by atoms with Crippen molar-refractivity contribution in [3.8, 4) is 0 Å². The number of hydrogen-bond donors (Lipinski definition) is 2. The molecule has 1 aromatic rings. The van der Waals surface area contributed by atoms with Crippen LogP contribution in [-0.2, 0) is 0 Å². The maximum atomic E-state index is 5.12. The Bertz CT molecular complexity index is 424. The highest BCUT2D eigenvalue weighted by atomic mass is 79.9. The van der Waals surface area contributed by atoms with Gasteiger partial charge in [0.25, 0.3) is 0 Å². The molecule has 0 spiro atoms. The highest BCUT2D eigenvalue weighted by molar-refractivity contribution is 9.10. The second-order valence-corrected chi connectivity index (χ2v) is 6.02. The van der Waals surface area contributed by atoms with Gasteiger partial charge in [-0.05, 0) is 35.8 Å². The van der Waals surface area contributed by atoms with E-state index in [2.05, 4.69) is 52.5 Å². The molecule has 0 heterocycles. The van der Waals surface area contributed by atoms with Crippen LogP contribution in [-0.4, -0.2) is 11.3 Å². The van der Waals surface area contributed by atoms with Gasteiger partial charge in [-0.15, -0.1) is 0 Å². The van der Waals surface area contributed by atoms with E-state index in [9.17, 15) is 0 Å². The van der Waals surface area contributed by atoms with Crippen molar-refractivity contribution in [2.24, 2.45) is 10.5 Å². The van der Waals surface area contributed by atoms with Gasteiger partial charge in [-0.1, -0.05) is 42.8 Å². The number of benzene rings is 1. The van der Waals surface area contributed by atoms with Crippen LogP contribution in [0, 0.1) is 5.41 Å². The first-order chi connectivity index (χ1) is 7.87. The third kappa shape index (κ3) is 6.38. The van der Waals surface area contributed by atoms with E-state index in [1.54, 1.807) is 0 Å². The molecule has 0 fully saturated rings. The zero-order valence-electron chi connectivity index (χ0n) is 10.1. The molecule has 0 unspecified atom stereocenters. The lowest BCUT2D eigenvalue weighted by molar-refractivity contribution is 0.603. The zero-order chi connectivity index (χ0) is 12.9. The van der Waals surface area contributed by atoms with Gasteiger partial charge in [0.05, 0.1) is 0 Å².